The van der Waals surface area contributed by atoms with Crippen LogP contribution in [0.3, 0.4) is 0 Å². The van der Waals surface area contributed by atoms with Gasteiger partial charge in [0.1, 0.15) is 6.61 Å². The lowest BCUT2D eigenvalue weighted by molar-refractivity contribution is 0.0509. The van der Waals surface area contributed by atoms with E-state index >= 15 is 0 Å². The number of nitrogens with one attached hydrogen (secondary N) is 1. The van der Waals surface area contributed by atoms with Gasteiger partial charge < -0.3 is 14.5 Å². The molecule has 2 heterocycles. The molecule has 1 N–H and O–H groups in total. The zero-order valence-electron chi connectivity index (χ0n) is 8.27. The number of carbonyl (C=O) groups excluding carboxylic acids is 1. The van der Waals surface area contributed by atoms with Gasteiger partial charge in [0.05, 0.1) is 12.4 Å². The van der Waals surface area contributed by atoms with Crippen molar-refractivity contribution in [3.05, 3.63) is 24.2 Å². The van der Waals surface area contributed by atoms with Crippen LogP contribution < -0.4 is 5.32 Å². The van der Waals surface area contributed by atoms with Crippen LogP contribution in [0.1, 0.15) is 17.0 Å². The molecule has 1 aromatic heterocycles. The maximum absolute atomic E-state index is 11.4. The molecule has 1 aliphatic heterocycles. The highest BCUT2D eigenvalue weighted by molar-refractivity contribution is 5.94. The minimum Gasteiger partial charge on any atom is -0.461 e. The second-order valence-electron chi connectivity index (χ2n) is 3.33. The van der Waals surface area contributed by atoms with E-state index in [2.05, 4.69) is 5.32 Å². The number of ketones is 1. The molecule has 1 fully saturated rings. The Labute approximate surface area is 94.4 Å². The maximum atomic E-state index is 11.4. The van der Waals surface area contributed by atoms with Gasteiger partial charge in [-0.2, -0.15) is 0 Å². The number of halogens is 1. The van der Waals surface area contributed by atoms with Crippen molar-refractivity contribution in [3.63, 3.8) is 0 Å². The van der Waals surface area contributed by atoms with Gasteiger partial charge in [-0.05, 0) is 25.1 Å². The Morgan fingerprint density at radius 3 is 3.13 bits per heavy atom. The Morgan fingerprint density at radius 1 is 1.67 bits per heavy atom. The molecule has 0 bridgehead atoms. The van der Waals surface area contributed by atoms with Crippen molar-refractivity contribution in [2.75, 3.05) is 19.7 Å². The highest BCUT2D eigenvalue weighted by Gasteiger charge is 2.17. The van der Waals surface area contributed by atoms with E-state index in [1.807, 2.05) is 0 Å². The second-order valence-corrected chi connectivity index (χ2v) is 3.33. The van der Waals surface area contributed by atoms with Crippen LogP contribution in [-0.4, -0.2) is 31.6 Å². The van der Waals surface area contributed by atoms with E-state index in [9.17, 15) is 4.79 Å². The monoisotopic (exact) mass is 231 g/mol. The molecule has 5 heteroatoms. The van der Waals surface area contributed by atoms with Crippen molar-refractivity contribution in [1.82, 2.24) is 5.32 Å². The summed E-state index contributed by atoms with van der Waals surface area (Å²) in [7, 11) is 0. The van der Waals surface area contributed by atoms with Crippen LogP contribution in [0.15, 0.2) is 22.8 Å². The molecule has 1 saturated heterocycles. The van der Waals surface area contributed by atoms with Crippen LogP contribution >= 0.6 is 12.4 Å². The van der Waals surface area contributed by atoms with Gasteiger partial charge in [-0.1, -0.05) is 0 Å². The fraction of sp³-hybridized carbons (Fsp3) is 0.500. The predicted molar refractivity (Wildman–Crippen MR) is 57.5 cm³/mol. The third kappa shape index (κ3) is 3.34. The van der Waals surface area contributed by atoms with Crippen molar-refractivity contribution in [2.45, 2.75) is 12.5 Å². The lowest BCUT2D eigenvalue weighted by Gasteiger charge is -2.08. The maximum Gasteiger partial charge on any atom is 0.223 e. The number of hydrogen-bond acceptors (Lipinski definition) is 4. The Hall–Kier alpha value is -0.840. The molecule has 1 unspecified atom stereocenters. The number of rotatable bonds is 4. The summed E-state index contributed by atoms with van der Waals surface area (Å²) in [6.07, 6.45) is 2.64. The highest BCUT2D eigenvalue weighted by atomic mass is 35.5. The van der Waals surface area contributed by atoms with Crippen molar-refractivity contribution < 1.29 is 13.9 Å². The van der Waals surface area contributed by atoms with Crippen molar-refractivity contribution in [2.24, 2.45) is 0 Å². The molecule has 2 rings (SSSR count). The minimum atomic E-state index is -0.0955. The van der Waals surface area contributed by atoms with Crippen molar-refractivity contribution in [1.29, 1.82) is 0 Å². The molecule has 1 atom stereocenters. The molecule has 1 aliphatic rings. The van der Waals surface area contributed by atoms with E-state index in [4.69, 9.17) is 9.15 Å². The van der Waals surface area contributed by atoms with Crippen LogP contribution in [0.2, 0.25) is 0 Å². The summed E-state index contributed by atoms with van der Waals surface area (Å²) < 4.78 is 10.4. The summed E-state index contributed by atoms with van der Waals surface area (Å²) in [5.41, 5.74) is 0. The molecule has 0 radical (unpaired) electrons. The summed E-state index contributed by atoms with van der Waals surface area (Å²) in [5, 5.41) is 3.17. The first-order valence-electron chi connectivity index (χ1n) is 4.75. The standard InChI is InChI=1S/C10H13NO3.ClH/c12-9(10-2-1-5-13-10)7-14-8-3-4-11-6-8;/h1-2,5,8,11H,3-4,6-7H2;1H. The molecule has 1 aromatic rings. The van der Waals surface area contributed by atoms with Gasteiger partial charge in [-0.3, -0.25) is 4.79 Å². The zero-order valence-corrected chi connectivity index (χ0v) is 9.09. The average Bonchev–Trinajstić information content (AvgIpc) is 2.87. The third-order valence-electron chi connectivity index (χ3n) is 2.26. The van der Waals surface area contributed by atoms with Gasteiger partial charge in [0, 0.05) is 6.54 Å². The lowest BCUT2D eigenvalue weighted by atomic mass is 10.3. The van der Waals surface area contributed by atoms with Crippen molar-refractivity contribution >= 4 is 18.2 Å². The van der Waals surface area contributed by atoms with Crippen molar-refractivity contribution in [3.8, 4) is 0 Å². The van der Waals surface area contributed by atoms with E-state index in [1.165, 1.54) is 6.26 Å². The first-order chi connectivity index (χ1) is 6.86. The van der Waals surface area contributed by atoms with E-state index in [0.717, 1.165) is 19.5 Å². The summed E-state index contributed by atoms with van der Waals surface area (Å²) in [6, 6.07) is 3.35. The third-order valence-corrected chi connectivity index (χ3v) is 2.26. The van der Waals surface area contributed by atoms with Crippen LogP contribution in [0.4, 0.5) is 0 Å². The Kier molecular flexibility index (Phi) is 4.81. The Bertz CT molecular complexity index is 294. The number of furan rings is 1. The quantitative estimate of drug-likeness (QED) is 0.793. The van der Waals surface area contributed by atoms with E-state index in [1.54, 1.807) is 12.1 Å². The van der Waals surface area contributed by atoms with Gasteiger partial charge in [0.25, 0.3) is 0 Å². The predicted octanol–water partition coefficient (Wildman–Crippen LogP) is 1.26. The Morgan fingerprint density at radius 2 is 2.53 bits per heavy atom. The second kappa shape index (κ2) is 5.90. The van der Waals surface area contributed by atoms with Gasteiger partial charge >= 0.3 is 0 Å². The number of hydrogen-bond donors (Lipinski definition) is 1. The SMILES string of the molecule is Cl.O=C(COC1CCNC1)c1ccco1. The summed E-state index contributed by atoms with van der Waals surface area (Å²) in [5.74, 6) is 0.276. The first kappa shape index (κ1) is 12.2. The summed E-state index contributed by atoms with van der Waals surface area (Å²) in [4.78, 5) is 11.4. The van der Waals surface area contributed by atoms with Gasteiger partial charge in [0.15, 0.2) is 5.76 Å². The lowest BCUT2D eigenvalue weighted by Crippen LogP contribution is -2.20. The largest absolute Gasteiger partial charge is 0.461 e. The van der Waals surface area contributed by atoms with E-state index in [0.29, 0.717) is 5.76 Å². The smallest absolute Gasteiger partial charge is 0.223 e. The van der Waals surface area contributed by atoms with E-state index in [-0.39, 0.29) is 30.9 Å². The molecule has 15 heavy (non-hydrogen) atoms. The normalized spacial score (nSPS) is 19.9. The molecule has 0 saturated carbocycles. The first-order valence-corrected chi connectivity index (χ1v) is 4.75. The molecule has 4 nitrogen and oxygen atoms in total. The Balaban J connectivity index is 0.00000112. The van der Waals surface area contributed by atoms with Gasteiger partial charge in [-0.15, -0.1) is 12.4 Å². The van der Waals surface area contributed by atoms with Crippen LogP contribution in [0.25, 0.3) is 0 Å². The van der Waals surface area contributed by atoms with Gasteiger partial charge in [-0.25, -0.2) is 0 Å². The average molecular weight is 232 g/mol. The molecule has 84 valence electrons. The topological polar surface area (TPSA) is 51.5 Å². The number of carbonyl (C=O) groups is 1. The number of Topliss-reactive ketones (excluding diaryl/α,β-unsaturated/α-hetero) is 1. The molecular formula is C10H14ClNO3. The van der Waals surface area contributed by atoms with Crippen LogP contribution in [0, 0.1) is 0 Å². The molecule has 0 aromatic carbocycles. The van der Waals surface area contributed by atoms with Crippen LogP contribution in [0.5, 0.6) is 0 Å². The van der Waals surface area contributed by atoms with Crippen LogP contribution in [-0.2, 0) is 4.74 Å². The van der Waals surface area contributed by atoms with E-state index < -0.39 is 0 Å². The molecular weight excluding hydrogens is 218 g/mol. The number of ether oxygens (including phenoxy) is 1. The molecule has 0 spiro atoms. The zero-order chi connectivity index (χ0) is 9.80. The summed E-state index contributed by atoms with van der Waals surface area (Å²) >= 11 is 0. The fourth-order valence-corrected chi connectivity index (χ4v) is 1.47. The minimum absolute atomic E-state index is 0. The highest BCUT2D eigenvalue weighted by Crippen LogP contribution is 2.06. The van der Waals surface area contributed by atoms with Gasteiger partial charge in [0.2, 0.25) is 5.78 Å². The molecule has 0 amide bonds. The molecule has 0 aliphatic carbocycles. The summed E-state index contributed by atoms with van der Waals surface area (Å²) in [6.45, 7) is 1.92. The fourth-order valence-electron chi connectivity index (χ4n) is 1.47.